The van der Waals surface area contributed by atoms with Gasteiger partial charge in [-0.25, -0.2) is 4.39 Å². The lowest BCUT2D eigenvalue weighted by molar-refractivity contribution is -0.112. The van der Waals surface area contributed by atoms with E-state index in [1.165, 1.54) is 30.3 Å². The van der Waals surface area contributed by atoms with Crippen LogP contribution in [-0.2, 0) is 4.79 Å². The number of benzene rings is 1. The van der Waals surface area contributed by atoms with Crippen molar-refractivity contribution in [2.45, 2.75) is 19.3 Å². The number of hydrogen-bond acceptors (Lipinski definition) is 3. The number of nitriles is 1. The first-order chi connectivity index (χ1) is 11.1. The Morgan fingerprint density at radius 1 is 1.35 bits per heavy atom. The van der Waals surface area contributed by atoms with Crippen LogP contribution < -0.4 is 5.32 Å². The van der Waals surface area contributed by atoms with E-state index in [-0.39, 0.29) is 5.57 Å². The van der Waals surface area contributed by atoms with Gasteiger partial charge in [0.25, 0.3) is 5.91 Å². The zero-order valence-corrected chi connectivity index (χ0v) is 12.5. The summed E-state index contributed by atoms with van der Waals surface area (Å²) in [5, 5.41) is 11.7. The van der Waals surface area contributed by atoms with Crippen LogP contribution in [0.25, 0.3) is 6.08 Å². The predicted octanol–water partition coefficient (Wildman–Crippen LogP) is 4.09. The second kappa shape index (κ2) is 6.09. The highest BCUT2D eigenvalue weighted by atomic mass is 19.1. The SMILES string of the molecule is C[C@H]1C[C@H]1c1ccc(/C=C(\C#N)C(=O)Nc2ccc(F)cc2)o1. The molecule has 1 amide bonds. The average Bonchev–Trinajstić information content (AvgIpc) is 3.09. The normalized spacial score (nSPS) is 20.0. The van der Waals surface area contributed by atoms with E-state index in [1.807, 2.05) is 12.1 Å². The summed E-state index contributed by atoms with van der Waals surface area (Å²) in [4.78, 5) is 12.1. The van der Waals surface area contributed by atoms with Gasteiger partial charge in [-0.1, -0.05) is 6.92 Å². The third-order valence-electron chi connectivity index (χ3n) is 3.88. The third-order valence-corrected chi connectivity index (χ3v) is 3.88. The molecule has 1 aromatic carbocycles. The maximum absolute atomic E-state index is 12.8. The Hall–Kier alpha value is -2.87. The number of nitrogens with one attached hydrogen (secondary N) is 1. The summed E-state index contributed by atoms with van der Waals surface area (Å²) < 4.78 is 18.5. The lowest BCUT2D eigenvalue weighted by Crippen LogP contribution is -2.13. The third kappa shape index (κ3) is 3.49. The van der Waals surface area contributed by atoms with Gasteiger partial charge in [0.05, 0.1) is 0 Å². The van der Waals surface area contributed by atoms with E-state index in [1.54, 1.807) is 6.07 Å². The molecule has 5 heteroatoms. The number of carbonyl (C=O) groups excluding carboxylic acids is 1. The van der Waals surface area contributed by atoms with Crippen LogP contribution in [0.4, 0.5) is 10.1 Å². The monoisotopic (exact) mass is 310 g/mol. The molecule has 0 spiro atoms. The zero-order valence-electron chi connectivity index (χ0n) is 12.5. The maximum Gasteiger partial charge on any atom is 0.266 e. The largest absolute Gasteiger partial charge is 0.461 e. The Morgan fingerprint density at radius 3 is 2.65 bits per heavy atom. The molecule has 1 aliphatic rings. The second-order valence-corrected chi connectivity index (χ2v) is 5.69. The summed E-state index contributed by atoms with van der Waals surface area (Å²) in [5.74, 6) is 1.48. The van der Waals surface area contributed by atoms with Crippen molar-refractivity contribution in [2.75, 3.05) is 5.32 Å². The van der Waals surface area contributed by atoms with Gasteiger partial charge in [-0.3, -0.25) is 4.79 Å². The molecule has 0 bridgehead atoms. The standard InChI is InChI=1S/C18H15FN2O2/c1-11-8-16(11)17-7-6-15(23-17)9-12(10-20)18(22)21-14-4-2-13(19)3-5-14/h2-7,9,11,16H,8H2,1H3,(H,21,22)/b12-9+/t11-,16+/m0/s1. The molecule has 0 unspecified atom stereocenters. The van der Waals surface area contributed by atoms with Gasteiger partial charge in [0, 0.05) is 17.7 Å². The van der Waals surface area contributed by atoms with Crippen LogP contribution in [0.2, 0.25) is 0 Å². The molecular formula is C18H15FN2O2. The van der Waals surface area contributed by atoms with Gasteiger partial charge in [0.2, 0.25) is 0 Å². The molecule has 4 nitrogen and oxygen atoms in total. The lowest BCUT2D eigenvalue weighted by atomic mass is 10.2. The van der Waals surface area contributed by atoms with Gasteiger partial charge in [-0.2, -0.15) is 5.26 Å². The summed E-state index contributed by atoms with van der Waals surface area (Å²) in [6.07, 6.45) is 2.52. The Balaban J connectivity index is 1.73. The molecule has 1 fully saturated rings. The Kier molecular flexibility index (Phi) is 3.98. The fourth-order valence-corrected chi connectivity index (χ4v) is 2.39. The molecule has 1 aromatic heterocycles. The van der Waals surface area contributed by atoms with Gasteiger partial charge in [-0.05, 0) is 48.7 Å². The molecule has 2 atom stereocenters. The number of furan rings is 1. The number of halogens is 1. The molecule has 1 N–H and O–H groups in total. The maximum atomic E-state index is 12.8. The van der Waals surface area contributed by atoms with Gasteiger partial charge in [0.1, 0.15) is 29.0 Å². The van der Waals surface area contributed by atoms with Gasteiger partial charge >= 0.3 is 0 Å². The van der Waals surface area contributed by atoms with E-state index in [2.05, 4.69) is 12.2 Å². The summed E-state index contributed by atoms with van der Waals surface area (Å²) in [6, 6.07) is 10.8. The lowest BCUT2D eigenvalue weighted by Gasteiger charge is -2.03. The number of carbonyl (C=O) groups is 1. The summed E-state index contributed by atoms with van der Waals surface area (Å²) >= 11 is 0. The Morgan fingerprint density at radius 2 is 2.04 bits per heavy atom. The van der Waals surface area contributed by atoms with Crippen LogP contribution in [0.5, 0.6) is 0 Å². The fraction of sp³-hybridized carbons (Fsp3) is 0.222. The zero-order chi connectivity index (χ0) is 16.4. The molecule has 0 radical (unpaired) electrons. The fourth-order valence-electron chi connectivity index (χ4n) is 2.39. The van der Waals surface area contributed by atoms with Crippen molar-refractivity contribution in [3.8, 4) is 6.07 Å². The van der Waals surface area contributed by atoms with Crippen LogP contribution in [0.1, 0.15) is 30.8 Å². The van der Waals surface area contributed by atoms with Gasteiger partial charge in [0.15, 0.2) is 0 Å². The number of hydrogen-bond donors (Lipinski definition) is 1. The van der Waals surface area contributed by atoms with Crippen molar-refractivity contribution in [1.82, 2.24) is 0 Å². The minimum Gasteiger partial charge on any atom is -0.461 e. The highest BCUT2D eigenvalue weighted by Gasteiger charge is 2.36. The van der Waals surface area contributed by atoms with Crippen molar-refractivity contribution < 1.29 is 13.6 Å². The average molecular weight is 310 g/mol. The molecule has 0 aliphatic heterocycles. The first-order valence-electron chi connectivity index (χ1n) is 7.35. The first kappa shape index (κ1) is 15.0. The number of amides is 1. The van der Waals surface area contributed by atoms with Crippen LogP contribution in [-0.4, -0.2) is 5.91 Å². The van der Waals surface area contributed by atoms with Crippen LogP contribution in [0.15, 0.2) is 46.4 Å². The molecule has 23 heavy (non-hydrogen) atoms. The number of nitrogens with zero attached hydrogens (tertiary/aromatic N) is 1. The van der Waals surface area contributed by atoms with E-state index < -0.39 is 11.7 Å². The minimum atomic E-state index is -0.558. The van der Waals surface area contributed by atoms with Crippen LogP contribution >= 0.6 is 0 Å². The van der Waals surface area contributed by atoms with E-state index in [0.29, 0.717) is 23.3 Å². The molecule has 1 heterocycles. The quantitative estimate of drug-likeness (QED) is 0.683. The van der Waals surface area contributed by atoms with Crippen molar-refractivity contribution in [2.24, 2.45) is 5.92 Å². The predicted molar refractivity (Wildman–Crippen MR) is 83.8 cm³/mol. The van der Waals surface area contributed by atoms with Crippen molar-refractivity contribution in [1.29, 1.82) is 5.26 Å². The first-order valence-corrected chi connectivity index (χ1v) is 7.35. The molecule has 116 valence electrons. The summed E-state index contributed by atoms with van der Waals surface area (Å²) in [5.41, 5.74) is 0.351. The summed E-state index contributed by atoms with van der Waals surface area (Å²) in [6.45, 7) is 2.15. The highest BCUT2D eigenvalue weighted by molar-refractivity contribution is 6.09. The Labute approximate surface area is 133 Å². The van der Waals surface area contributed by atoms with Gasteiger partial charge < -0.3 is 9.73 Å². The smallest absolute Gasteiger partial charge is 0.266 e. The van der Waals surface area contributed by atoms with Crippen LogP contribution in [0.3, 0.4) is 0 Å². The molecule has 1 aliphatic carbocycles. The molecule has 2 aromatic rings. The topological polar surface area (TPSA) is 66.0 Å². The molecular weight excluding hydrogens is 295 g/mol. The van der Waals surface area contributed by atoms with E-state index in [0.717, 1.165) is 12.2 Å². The number of rotatable bonds is 4. The van der Waals surface area contributed by atoms with Crippen LogP contribution in [0, 0.1) is 23.1 Å². The number of anilines is 1. The van der Waals surface area contributed by atoms with Crippen molar-refractivity contribution in [3.05, 3.63) is 59.3 Å². The van der Waals surface area contributed by atoms with Gasteiger partial charge in [-0.15, -0.1) is 0 Å². The van der Waals surface area contributed by atoms with E-state index >= 15 is 0 Å². The van der Waals surface area contributed by atoms with E-state index in [9.17, 15) is 9.18 Å². The molecule has 1 saturated carbocycles. The highest BCUT2D eigenvalue weighted by Crippen LogP contribution is 2.47. The summed E-state index contributed by atoms with van der Waals surface area (Å²) in [7, 11) is 0. The van der Waals surface area contributed by atoms with Crippen molar-refractivity contribution in [3.63, 3.8) is 0 Å². The molecule has 3 rings (SSSR count). The Bertz CT molecular complexity index is 799. The molecule has 0 saturated heterocycles. The van der Waals surface area contributed by atoms with E-state index in [4.69, 9.17) is 9.68 Å². The second-order valence-electron chi connectivity index (χ2n) is 5.69. The minimum absolute atomic E-state index is 0.0703. The van der Waals surface area contributed by atoms with Crippen molar-refractivity contribution >= 4 is 17.7 Å².